The van der Waals surface area contributed by atoms with Crippen LogP contribution in [-0.4, -0.2) is 23.1 Å². The second-order valence-corrected chi connectivity index (χ2v) is 10.5. The third-order valence-corrected chi connectivity index (χ3v) is 8.47. The number of fused-ring (bicyclic) bond motifs is 3. The van der Waals surface area contributed by atoms with Gasteiger partial charge in [-0.05, 0) is 24.0 Å². The van der Waals surface area contributed by atoms with Gasteiger partial charge < -0.3 is 4.90 Å². The normalized spacial score (nSPS) is 20.1. The molecule has 5 rings (SSSR count). The fourth-order valence-electron chi connectivity index (χ4n) is 4.74. The van der Waals surface area contributed by atoms with Crippen LogP contribution in [0.15, 0.2) is 40.3 Å². The Labute approximate surface area is 180 Å². The van der Waals surface area contributed by atoms with Crippen LogP contribution in [0, 0.1) is 0 Å². The molecule has 0 spiro atoms. The molecule has 1 saturated carbocycles. The van der Waals surface area contributed by atoms with E-state index < -0.39 is 0 Å². The predicted octanol–water partition coefficient (Wildman–Crippen LogP) is 3.83. The molecular formula is C23H28N3OS2+. The molecule has 1 aliphatic heterocycles. The zero-order valence-corrected chi connectivity index (χ0v) is 18.6. The summed E-state index contributed by atoms with van der Waals surface area (Å²) < 4.78 is 2.08. The number of thiophene rings is 1. The summed E-state index contributed by atoms with van der Waals surface area (Å²) in [4.78, 5) is 22.7. The number of quaternary nitrogens is 1. The number of likely N-dealkylation sites (N-methyl/N-ethyl adjacent to an activating group) is 1. The van der Waals surface area contributed by atoms with Gasteiger partial charge >= 0.3 is 0 Å². The van der Waals surface area contributed by atoms with Gasteiger partial charge in [0.1, 0.15) is 11.4 Å². The molecule has 2 aromatic heterocycles. The minimum Gasteiger partial charge on any atom is -0.333 e. The van der Waals surface area contributed by atoms with Gasteiger partial charge in [-0.2, -0.15) is 0 Å². The molecule has 3 heterocycles. The first-order valence-electron chi connectivity index (χ1n) is 10.8. The molecule has 0 amide bonds. The highest BCUT2D eigenvalue weighted by molar-refractivity contribution is 7.98. The van der Waals surface area contributed by atoms with Crippen LogP contribution in [-0.2, 0) is 18.7 Å². The summed E-state index contributed by atoms with van der Waals surface area (Å²) in [6.07, 6.45) is 6.92. The average molecular weight is 427 g/mol. The number of rotatable bonds is 4. The summed E-state index contributed by atoms with van der Waals surface area (Å²) in [7, 11) is 2.24. The lowest BCUT2D eigenvalue weighted by Gasteiger charge is -2.26. The van der Waals surface area contributed by atoms with E-state index >= 15 is 0 Å². The molecule has 1 atom stereocenters. The van der Waals surface area contributed by atoms with Gasteiger partial charge in [-0.3, -0.25) is 9.36 Å². The van der Waals surface area contributed by atoms with Crippen LogP contribution >= 0.6 is 23.1 Å². The molecule has 2 aliphatic rings. The molecule has 0 bridgehead atoms. The van der Waals surface area contributed by atoms with Crippen LogP contribution in [0.3, 0.4) is 0 Å². The van der Waals surface area contributed by atoms with E-state index in [1.807, 2.05) is 6.07 Å². The molecule has 6 heteroatoms. The van der Waals surface area contributed by atoms with E-state index in [-0.39, 0.29) is 5.56 Å². The van der Waals surface area contributed by atoms with E-state index in [1.54, 1.807) is 23.1 Å². The van der Waals surface area contributed by atoms with Gasteiger partial charge in [-0.1, -0.05) is 61.4 Å². The fraction of sp³-hybridized carbons (Fsp3) is 0.478. The molecule has 0 saturated heterocycles. The van der Waals surface area contributed by atoms with Crippen molar-refractivity contribution in [2.24, 2.45) is 0 Å². The molecule has 1 unspecified atom stereocenters. The lowest BCUT2D eigenvalue weighted by molar-refractivity contribution is -0.895. The van der Waals surface area contributed by atoms with Gasteiger partial charge in [0.25, 0.3) is 5.56 Å². The van der Waals surface area contributed by atoms with Gasteiger partial charge in [0, 0.05) is 18.2 Å². The Balaban J connectivity index is 1.60. The maximum absolute atomic E-state index is 13.8. The standard InChI is InChI=1S/C23H27N3OS2/c1-25-13-12-18-19(14-25)29-21-20(18)22(27)26(17-10-6-3-7-11-17)23(24-21)28-15-16-8-4-2-5-9-16/h2,4-5,8-9,17H,3,6-7,10-15H2,1H3/p+1. The first kappa shape index (κ1) is 19.3. The Hall–Kier alpha value is -1.63. The van der Waals surface area contributed by atoms with Crippen LogP contribution in [0.4, 0.5) is 0 Å². The number of aromatic nitrogens is 2. The molecular weight excluding hydrogens is 398 g/mol. The van der Waals surface area contributed by atoms with Crippen molar-refractivity contribution in [2.45, 2.75) is 62.0 Å². The third-order valence-electron chi connectivity index (χ3n) is 6.32. The fourth-order valence-corrected chi connectivity index (χ4v) is 7.14. The van der Waals surface area contributed by atoms with E-state index in [9.17, 15) is 4.79 Å². The van der Waals surface area contributed by atoms with Crippen molar-refractivity contribution in [1.29, 1.82) is 0 Å². The molecule has 4 nitrogen and oxygen atoms in total. The minimum absolute atomic E-state index is 0.217. The summed E-state index contributed by atoms with van der Waals surface area (Å²) >= 11 is 3.47. The highest BCUT2D eigenvalue weighted by atomic mass is 32.2. The van der Waals surface area contributed by atoms with Crippen molar-refractivity contribution in [3.63, 3.8) is 0 Å². The monoisotopic (exact) mass is 426 g/mol. The molecule has 1 fully saturated rings. The van der Waals surface area contributed by atoms with Crippen molar-refractivity contribution in [3.8, 4) is 0 Å². The predicted molar refractivity (Wildman–Crippen MR) is 121 cm³/mol. The Morgan fingerprint density at radius 3 is 2.79 bits per heavy atom. The zero-order valence-electron chi connectivity index (χ0n) is 16.9. The van der Waals surface area contributed by atoms with Gasteiger partial charge in [-0.25, -0.2) is 4.98 Å². The highest BCUT2D eigenvalue weighted by Crippen LogP contribution is 2.35. The van der Waals surface area contributed by atoms with Crippen molar-refractivity contribution in [3.05, 3.63) is 56.7 Å². The molecule has 152 valence electrons. The SMILES string of the molecule is C[NH+]1CCc2c(sc3nc(SCc4ccccc4)n(C4CCCCC4)c(=O)c23)C1. The summed E-state index contributed by atoms with van der Waals surface area (Å²) in [6.45, 7) is 2.12. The van der Waals surface area contributed by atoms with Gasteiger partial charge in [0.2, 0.25) is 0 Å². The number of hydrogen-bond donors (Lipinski definition) is 1. The zero-order chi connectivity index (χ0) is 19.8. The van der Waals surface area contributed by atoms with Crippen LogP contribution in [0.25, 0.3) is 10.2 Å². The second-order valence-electron chi connectivity index (χ2n) is 8.45. The molecule has 0 radical (unpaired) electrons. The Morgan fingerprint density at radius 2 is 2.00 bits per heavy atom. The van der Waals surface area contributed by atoms with Gasteiger partial charge in [0.05, 0.1) is 23.9 Å². The number of benzene rings is 1. The third kappa shape index (κ3) is 3.78. The van der Waals surface area contributed by atoms with Gasteiger partial charge in [-0.15, -0.1) is 11.3 Å². The van der Waals surface area contributed by atoms with E-state index in [0.717, 1.165) is 53.5 Å². The molecule has 1 aromatic carbocycles. The van der Waals surface area contributed by atoms with E-state index in [1.165, 1.54) is 40.2 Å². The molecule has 1 N–H and O–H groups in total. The van der Waals surface area contributed by atoms with Crippen molar-refractivity contribution in [1.82, 2.24) is 9.55 Å². The maximum Gasteiger partial charge on any atom is 0.263 e. The number of nitrogens with one attached hydrogen (secondary N) is 1. The van der Waals surface area contributed by atoms with E-state index in [4.69, 9.17) is 4.98 Å². The Kier molecular flexibility index (Phi) is 5.50. The maximum atomic E-state index is 13.8. The topological polar surface area (TPSA) is 39.3 Å². The smallest absolute Gasteiger partial charge is 0.263 e. The first-order chi connectivity index (χ1) is 14.2. The quantitative estimate of drug-likeness (QED) is 0.509. The van der Waals surface area contributed by atoms with Crippen LogP contribution in [0.2, 0.25) is 0 Å². The summed E-state index contributed by atoms with van der Waals surface area (Å²) in [6, 6.07) is 10.8. The Morgan fingerprint density at radius 1 is 1.21 bits per heavy atom. The van der Waals surface area contributed by atoms with Crippen molar-refractivity contribution < 1.29 is 4.90 Å². The Bertz CT molecular complexity index is 1070. The lowest BCUT2D eigenvalue weighted by Crippen LogP contribution is -3.08. The lowest BCUT2D eigenvalue weighted by atomic mass is 9.95. The van der Waals surface area contributed by atoms with Crippen molar-refractivity contribution in [2.75, 3.05) is 13.6 Å². The largest absolute Gasteiger partial charge is 0.333 e. The minimum atomic E-state index is 0.217. The number of hydrogen-bond acceptors (Lipinski definition) is 4. The summed E-state index contributed by atoms with van der Waals surface area (Å²) in [5, 5.41) is 1.84. The molecule has 1 aliphatic carbocycles. The molecule has 29 heavy (non-hydrogen) atoms. The van der Waals surface area contributed by atoms with E-state index in [2.05, 4.69) is 35.9 Å². The highest BCUT2D eigenvalue weighted by Gasteiger charge is 2.28. The van der Waals surface area contributed by atoms with Gasteiger partial charge in [0.15, 0.2) is 5.16 Å². The average Bonchev–Trinajstić information content (AvgIpc) is 3.11. The summed E-state index contributed by atoms with van der Waals surface area (Å²) in [5.74, 6) is 0.851. The van der Waals surface area contributed by atoms with Crippen LogP contribution in [0.5, 0.6) is 0 Å². The number of thioether (sulfide) groups is 1. The summed E-state index contributed by atoms with van der Waals surface area (Å²) in [5.41, 5.74) is 2.78. The van der Waals surface area contributed by atoms with Crippen LogP contribution in [0.1, 0.15) is 54.1 Å². The van der Waals surface area contributed by atoms with E-state index in [0.29, 0.717) is 6.04 Å². The first-order valence-corrected chi connectivity index (χ1v) is 12.6. The molecule has 3 aromatic rings. The van der Waals surface area contributed by atoms with Crippen LogP contribution < -0.4 is 10.5 Å². The number of nitrogens with zero attached hydrogens (tertiary/aromatic N) is 2. The second kappa shape index (κ2) is 8.25. The van der Waals surface area contributed by atoms with Crippen molar-refractivity contribution >= 4 is 33.3 Å².